The zero-order valence-electron chi connectivity index (χ0n) is 11.1. The lowest BCUT2D eigenvalue weighted by Gasteiger charge is -2.27. The van der Waals surface area contributed by atoms with Gasteiger partial charge in [-0.05, 0) is 37.7 Å². The van der Waals surface area contributed by atoms with Gasteiger partial charge in [-0.3, -0.25) is 0 Å². The van der Waals surface area contributed by atoms with E-state index in [1.54, 1.807) is 0 Å². The summed E-state index contributed by atoms with van der Waals surface area (Å²) < 4.78 is 5.55. The first-order chi connectivity index (χ1) is 9.36. The van der Waals surface area contributed by atoms with E-state index in [1.165, 1.54) is 23.8 Å². The minimum Gasteiger partial charge on any atom is -0.464 e. The van der Waals surface area contributed by atoms with Gasteiger partial charge in [0.2, 0.25) is 0 Å². The molecule has 1 saturated carbocycles. The molecule has 2 N–H and O–H groups in total. The van der Waals surface area contributed by atoms with Crippen LogP contribution in [0.5, 0.6) is 0 Å². The van der Waals surface area contributed by atoms with Crippen molar-refractivity contribution in [3.05, 3.63) is 36.1 Å². The van der Waals surface area contributed by atoms with Crippen molar-refractivity contribution in [1.82, 2.24) is 5.32 Å². The Morgan fingerprint density at radius 1 is 1.16 bits per heavy atom. The maximum Gasteiger partial charge on any atom is 0.134 e. The Morgan fingerprint density at radius 2 is 1.95 bits per heavy atom. The Hall–Kier alpha value is -1.32. The van der Waals surface area contributed by atoms with Crippen LogP contribution < -0.4 is 5.32 Å². The number of fused-ring (bicyclic) bond motifs is 1. The third kappa shape index (κ3) is 2.82. The van der Waals surface area contributed by atoms with Crippen molar-refractivity contribution in [1.29, 1.82) is 0 Å². The second-order valence-electron chi connectivity index (χ2n) is 5.54. The molecule has 0 aliphatic heterocycles. The molecule has 3 heteroatoms. The number of nitrogens with one attached hydrogen (secondary N) is 1. The van der Waals surface area contributed by atoms with Crippen LogP contribution in [-0.4, -0.2) is 17.8 Å². The number of aliphatic hydroxyl groups is 1. The monoisotopic (exact) mass is 259 g/mol. The minimum absolute atomic E-state index is 0.346. The second-order valence-corrected chi connectivity index (χ2v) is 5.54. The van der Waals surface area contributed by atoms with Crippen LogP contribution in [0.15, 0.2) is 34.9 Å². The van der Waals surface area contributed by atoms with E-state index >= 15 is 0 Å². The van der Waals surface area contributed by atoms with Gasteiger partial charge in [0.15, 0.2) is 0 Å². The fraction of sp³-hybridized carbons (Fsp3) is 0.500. The van der Waals surface area contributed by atoms with Crippen molar-refractivity contribution in [3.8, 4) is 0 Å². The molecule has 0 radical (unpaired) electrons. The molecule has 1 fully saturated rings. The highest BCUT2D eigenvalue weighted by molar-refractivity contribution is 5.80. The topological polar surface area (TPSA) is 45.4 Å². The molecule has 0 saturated heterocycles. The number of hydrogen-bond donors (Lipinski definition) is 2. The molecule has 102 valence electrons. The average molecular weight is 259 g/mol. The van der Waals surface area contributed by atoms with Crippen molar-refractivity contribution >= 4 is 11.0 Å². The van der Waals surface area contributed by atoms with Gasteiger partial charge in [-0.2, -0.15) is 0 Å². The molecule has 1 aromatic heterocycles. The first-order valence-corrected chi connectivity index (χ1v) is 7.16. The number of hydrogen-bond acceptors (Lipinski definition) is 3. The average Bonchev–Trinajstić information content (AvgIpc) is 2.89. The molecule has 3 rings (SSSR count). The van der Waals surface area contributed by atoms with Gasteiger partial charge in [-0.25, -0.2) is 0 Å². The Morgan fingerprint density at radius 3 is 2.74 bits per heavy atom. The third-order valence-corrected chi connectivity index (χ3v) is 4.25. The lowest BCUT2D eigenvalue weighted by Crippen LogP contribution is -2.33. The van der Waals surface area contributed by atoms with E-state index in [1.807, 2.05) is 24.5 Å². The van der Waals surface area contributed by atoms with Crippen molar-refractivity contribution < 1.29 is 9.52 Å². The maximum atomic E-state index is 9.14. The highest BCUT2D eigenvalue weighted by Gasteiger charge is 2.20. The largest absolute Gasteiger partial charge is 0.464 e. The Labute approximate surface area is 113 Å². The first kappa shape index (κ1) is 12.7. The molecule has 2 aromatic rings. The van der Waals surface area contributed by atoms with Crippen LogP contribution in [0.1, 0.15) is 31.2 Å². The molecular formula is C16H21NO2. The Balaban J connectivity index is 1.58. The van der Waals surface area contributed by atoms with Gasteiger partial charge in [0.05, 0.1) is 6.26 Å². The van der Waals surface area contributed by atoms with Crippen LogP contribution in [0.3, 0.4) is 0 Å². The summed E-state index contributed by atoms with van der Waals surface area (Å²) >= 11 is 0. The van der Waals surface area contributed by atoms with Crippen LogP contribution in [0.25, 0.3) is 11.0 Å². The van der Waals surface area contributed by atoms with Gasteiger partial charge >= 0.3 is 0 Å². The summed E-state index contributed by atoms with van der Waals surface area (Å²) in [5.74, 6) is 0.521. The van der Waals surface area contributed by atoms with Gasteiger partial charge in [-0.15, -0.1) is 0 Å². The smallest absolute Gasteiger partial charge is 0.134 e. The highest BCUT2D eigenvalue weighted by Crippen LogP contribution is 2.25. The van der Waals surface area contributed by atoms with E-state index in [-0.39, 0.29) is 0 Å². The van der Waals surface area contributed by atoms with Gasteiger partial charge in [0, 0.05) is 30.1 Å². The quantitative estimate of drug-likeness (QED) is 0.887. The summed E-state index contributed by atoms with van der Waals surface area (Å²) in [6, 6.07) is 8.74. The predicted molar refractivity (Wildman–Crippen MR) is 75.9 cm³/mol. The summed E-state index contributed by atoms with van der Waals surface area (Å²) in [5, 5.41) is 14.0. The van der Waals surface area contributed by atoms with Crippen molar-refractivity contribution in [3.63, 3.8) is 0 Å². The lowest BCUT2D eigenvalue weighted by atomic mass is 9.86. The number of rotatable bonds is 4. The van der Waals surface area contributed by atoms with E-state index in [0.29, 0.717) is 18.6 Å². The summed E-state index contributed by atoms with van der Waals surface area (Å²) in [4.78, 5) is 0. The first-order valence-electron chi connectivity index (χ1n) is 7.16. The van der Waals surface area contributed by atoms with Crippen molar-refractivity contribution in [2.45, 2.75) is 38.3 Å². The van der Waals surface area contributed by atoms with E-state index in [4.69, 9.17) is 9.52 Å². The zero-order valence-corrected chi connectivity index (χ0v) is 11.1. The van der Waals surface area contributed by atoms with E-state index in [2.05, 4.69) is 11.4 Å². The predicted octanol–water partition coefficient (Wildman–Crippen LogP) is 3.07. The van der Waals surface area contributed by atoms with Crippen molar-refractivity contribution in [2.75, 3.05) is 6.61 Å². The number of aliphatic hydroxyl groups excluding tert-OH is 1. The molecule has 1 heterocycles. The minimum atomic E-state index is 0.346. The van der Waals surface area contributed by atoms with E-state index in [0.717, 1.165) is 25.0 Å². The SMILES string of the molecule is OCC1CCC(NCc2coc3ccccc23)CC1. The zero-order chi connectivity index (χ0) is 13.1. The third-order valence-electron chi connectivity index (χ3n) is 4.25. The van der Waals surface area contributed by atoms with E-state index in [9.17, 15) is 0 Å². The van der Waals surface area contributed by atoms with Crippen LogP contribution in [0.4, 0.5) is 0 Å². The highest BCUT2D eigenvalue weighted by atomic mass is 16.3. The molecule has 0 amide bonds. The van der Waals surface area contributed by atoms with Crippen LogP contribution in [0, 0.1) is 5.92 Å². The molecule has 1 aliphatic carbocycles. The van der Waals surface area contributed by atoms with Crippen LogP contribution in [-0.2, 0) is 6.54 Å². The van der Waals surface area contributed by atoms with Gasteiger partial charge in [0.1, 0.15) is 5.58 Å². The molecule has 1 aliphatic rings. The lowest BCUT2D eigenvalue weighted by molar-refractivity contribution is 0.175. The van der Waals surface area contributed by atoms with Gasteiger partial charge < -0.3 is 14.8 Å². The summed E-state index contributed by atoms with van der Waals surface area (Å²) in [6.07, 6.45) is 6.47. The second kappa shape index (κ2) is 5.76. The van der Waals surface area contributed by atoms with Gasteiger partial charge in [-0.1, -0.05) is 18.2 Å². The molecule has 0 spiro atoms. The van der Waals surface area contributed by atoms with Crippen LogP contribution >= 0.6 is 0 Å². The standard InChI is InChI=1S/C16H21NO2/c18-10-12-5-7-14(8-6-12)17-9-13-11-19-16-4-2-1-3-15(13)16/h1-4,11-12,14,17-18H,5-10H2. The molecular weight excluding hydrogens is 238 g/mol. The molecule has 3 nitrogen and oxygen atoms in total. The molecule has 0 atom stereocenters. The molecule has 1 aromatic carbocycles. The fourth-order valence-electron chi connectivity index (χ4n) is 2.97. The molecule has 0 unspecified atom stereocenters. The van der Waals surface area contributed by atoms with Crippen LogP contribution in [0.2, 0.25) is 0 Å². The summed E-state index contributed by atoms with van der Waals surface area (Å²) in [7, 11) is 0. The van der Waals surface area contributed by atoms with Gasteiger partial charge in [0.25, 0.3) is 0 Å². The molecule has 0 bridgehead atoms. The maximum absolute atomic E-state index is 9.14. The fourth-order valence-corrected chi connectivity index (χ4v) is 2.97. The molecule has 19 heavy (non-hydrogen) atoms. The number of furan rings is 1. The summed E-state index contributed by atoms with van der Waals surface area (Å²) in [6.45, 7) is 1.21. The normalized spacial score (nSPS) is 23.8. The summed E-state index contributed by atoms with van der Waals surface area (Å²) in [5.41, 5.74) is 2.20. The van der Waals surface area contributed by atoms with Crippen molar-refractivity contribution in [2.24, 2.45) is 5.92 Å². The number of benzene rings is 1. The van der Waals surface area contributed by atoms with E-state index < -0.39 is 0 Å². The Bertz CT molecular complexity index is 526. The Kier molecular flexibility index (Phi) is 3.85. The number of para-hydroxylation sites is 1.